The number of hydrogen-bond donors (Lipinski definition) is 0. The van der Waals surface area contributed by atoms with Gasteiger partial charge in [-0.05, 0) is 24.7 Å². The van der Waals surface area contributed by atoms with Gasteiger partial charge in [-0.2, -0.15) is 0 Å². The summed E-state index contributed by atoms with van der Waals surface area (Å²) in [6, 6.07) is 0. The van der Waals surface area contributed by atoms with E-state index >= 15 is 0 Å². The van der Waals surface area contributed by atoms with Crippen LogP contribution in [0.1, 0.15) is 46.0 Å². The van der Waals surface area contributed by atoms with Crippen LogP contribution in [0.2, 0.25) is 0 Å². The molecule has 0 aliphatic heterocycles. The molecule has 3 heteroatoms. The van der Waals surface area contributed by atoms with Crippen LogP contribution in [0.5, 0.6) is 0 Å². The van der Waals surface area contributed by atoms with Crippen LogP contribution in [0.15, 0.2) is 0 Å². The largest absolute Gasteiger partial charge is 0.229 e. The molecular formula is C11H22O2S. The van der Waals surface area contributed by atoms with E-state index in [1.807, 2.05) is 13.8 Å². The Morgan fingerprint density at radius 2 is 1.71 bits per heavy atom. The van der Waals surface area contributed by atoms with Crippen molar-refractivity contribution < 1.29 is 8.42 Å². The van der Waals surface area contributed by atoms with Crippen molar-refractivity contribution in [3.8, 4) is 0 Å². The minimum atomic E-state index is -2.78. The minimum Gasteiger partial charge on any atom is -0.229 e. The lowest BCUT2D eigenvalue weighted by atomic mass is 9.91. The predicted molar refractivity (Wildman–Crippen MR) is 60.1 cm³/mol. The maximum Gasteiger partial charge on any atom is 0.150 e. The molecule has 0 bridgehead atoms. The maximum absolute atomic E-state index is 11.7. The highest BCUT2D eigenvalue weighted by atomic mass is 32.2. The molecule has 1 aliphatic carbocycles. The van der Waals surface area contributed by atoms with Crippen molar-refractivity contribution in [1.29, 1.82) is 0 Å². The van der Waals surface area contributed by atoms with Crippen molar-refractivity contribution in [3.05, 3.63) is 0 Å². The predicted octanol–water partition coefficient (Wildman–Crippen LogP) is 2.64. The first-order valence-corrected chi connectivity index (χ1v) is 7.52. The summed E-state index contributed by atoms with van der Waals surface area (Å²) in [6.07, 6.45) is 5.99. The highest BCUT2D eigenvalue weighted by Gasteiger charge is 2.21. The second-order valence-corrected chi connectivity index (χ2v) is 7.13. The Kier molecular flexibility index (Phi) is 4.42. The molecule has 14 heavy (non-hydrogen) atoms. The van der Waals surface area contributed by atoms with E-state index in [0.29, 0.717) is 17.4 Å². The maximum atomic E-state index is 11.7. The van der Waals surface area contributed by atoms with Crippen LogP contribution in [-0.4, -0.2) is 19.9 Å². The van der Waals surface area contributed by atoms with Crippen LogP contribution in [0.25, 0.3) is 0 Å². The van der Waals surface area contributed by atoms with E-state index in [1.165, 1.54) is 19.3 Å². The molecule has 0 saturated heterocycles. The summed E-state index contributed by atoms with van der Waals surface area (Å²) < 4.78 is 23.4. The van der Waals surface area contributed by atoms with Crippen molar-refractivity contribution in [1.82, 2.24) is 0 Å². The van der Waals surface area contributed by atoms with Gasteiger partial charge < -0.3 is 0 Å². The van der Waals surface area contributed by atoms with E-state index < -0.39 is 9.84 Å². The van der Waals surface area contributed by atoms with Gasteiger partial charge in [0, 0.05) is 0 Å². The lowest BCUT2D eigenvalue weighted by Gasteiger charge is -2.21. The molecule has 0 heterocycles. The monoisotopic (exact) mass is 218 g/mol. The highest BCUT2D eigenvalue weighted by Crippen LogP contribution is 2.25. The van der Waals surface area contributed by atoms with Crippen molar-refractivity contribution in [2.45, 2.75) is 46.0 Å². The zero-order valence-electron chi connectivity index (χ0n) is 9.33. The van der Waals surface area contributed by atoms with Crippen LogP contribution < -0.4 is 0 Å². The van der Waals surface area contributed by atoms with Crippen molar-refractivity contribution in [2.75, 3.05) is 11.5 Å². The van der Waals surface area contributed by atoms with E-state index in [1.54, 1.807) is 0 Å². The Hall–Kier alpha value is -0.0500. The molecule has 1 fully saturated rings. The fourth-order valence-electron chi connectivity index (χ4n) is 2.29. The summed E-state index contributed by atoms with van der Waals surface area (Å²) in [5.41, 5.74) is 0. The summed E-state index contributed by atoms with van der Waals surface area (Å²) in [4.78, 5) is 0. The summed E-state index contributed by atoms with van der Waals surface area (Å²) >= 11 is 0. The second kappa shape index (κ2) is 5.15. The quantitative estimate of drug-likeness (QED) is 0.727. The first-order valence-electron chi connectivity index (χ1n) is 5.70. The molecule has 0 aromatic heterocycles. The molecular weight excluding hydrogens is 196 g/mol. The Morgan fingerprint density at radius 1 is 1.14 bits per heavy atom. The Morgan fingerprint density at radius 3 is 2.21 bits per heavy atom. The lowest BCUT2D eigenvalue weighted by Crippen LogP contribution is -2.22. The topological polar surface area (TPSA) is 34.1 Å². The van der Waals surface area contributed by atoms with E-state index in [2.05, 4.69) is 0 Å². The number of hydrogen-bond acceptors (Lipinski definition) is 2. The van der Waals surface area contributed by atoms with Crippen LogP contribution >= 0.6 is 0 Å². The molecule has 0 atom stereocenters. The van der Waals surface area contributed by atoms with Gasteiger partial charge in [-0.15, -0.1) is 0 Å². The van der Waals surface area contributed by atoms with Gasteiger partial charge in [-0.25, -0.2) is 8.42 Å². The average molecular weight is 218 g/mol. The number of sulfone groups is 1. The van der Waals surface area contributed by atoms with Gasteiger partial charge >= 0.3 is 0 Å². The standard InChI is InChI=1S/C11H22O2S/c1-10(2)8-14(12,13)9-11-6-4-3-5-7-11/h10-11H,3-9H2,1-2H3. The first-order chi connectivity index (χ1) is 6.49. The molecule has 2 nitrogen and oxygen atoms in total. The molecule has 1 rings (SSSR count). The molecule has 1 saturated carbocycles. The third-order valence-electron chi connectivity index (χ3n) is 2.80. The smallest absolute Gasteiger partial charge is 0.150 e. The third-order valence-corrected chi connectivity index (χ3v) is 4.96. The van der Waals surface area contributed by atoms with Gasteiger partial charge in [-0.1, -0.05) is 33.1 Å². The van der Waals surface area contributed by atoms with E-state index in [9.17, 15) is 8.42 Å². The minimum absolute atomic E-state index is 0.267. The van der Waals surface area contributed by atoms with Crippen molar-refractivity contribution >= 4 is 9.84 Å². The summed E-state index contributed by atoms with van der Waals surface area (Å²) in [5.74, 6) is 1.52. The van der Waals surface area contributed by atoms with Crippen LogP contribution in [-0.2, 0) is 9.84 Å². The fourth-order valence-corrected chi connectivity index (χ4v) is 4.49. The third kappa shape index (κ3) is 4.45. The van der Waals surface area contributed by atoms with Gasteiger partial charge in [0.1, 0.15) is 0 Å². The van der Waals surface area contributed by atoms with Gasteiger partial charge in [0.05, 0.1) is 11.5 Å². The van der Waals surface area contributed by atoms with Crippen LogP contribution in [0.4, 0.5) is 0 Å². The summed E-state index contributed by atoms with van der Waals surface area (Å²) in [5, 5.41) is 0. The van der Waals surface area contributed by atoms with E-state index in [0.717, 1.165) is 12.8 Å². The molecule has 1 aliphatic rings. The van der Waals surface area contributed by atoms with Gasteiger partial charge in [0.25, 0.3) is 0 Å². The first kappa shape index (κ1) is 12.0. The zero-order chi connectivity index (χ0) is 10.6. The molecule has 0 aromatic rings. The molecule has 0 N–H and O–H groups in total. The average Bonchev–Trinajstić information content (AvgIpc) is 2.02. The van der Waals surface area contributed by atoms with Gasteiger partial charge in [0.2, 0.25) is 0 Å². The van der Waals surface area contributed by atoms with E-state index in [4.69, 9.17) is 0 Å². The molecule has 0 amide bonds. The van der Waals surface area contributed by atoms with Crippen LogP contribution in [0, 0.1) is 11.8 Å². The van der Waals surface area contributed by atoms with Crippen molar-refractivity contribution in [2.24, 2.45) is 11.8 Å². The normalized spacial score (nSPS) is 20.2. The SMILES string of the molecule is CC(C)CS(=O)(=O)CC1CCCCC1. The summed E-state index contributed by atoms with van der Waals surface area (Å²) in [6.45, 7) is 3.94. The lowest BCUT2D eigenvalue weighted by molar-refractivity contribution is 0.384. The highest BCUT2D eigenvalue weighted by molar-refractivity contribution is 7.91. The molecule has 84 valence electrons. The number of rotatable bonds is 4. The Labute approximate surface area is 88.0 Å². The fraction of sp³-hybridized carbons (Fsp3) is 1.00. The molecule has 0 aromatic carbocycles. The molecule has 0 spiro atoms. The Bertz CT molecular complexity index is 248. The summed E-state index contributed by atoms with van der Waals surface area (Å²) in [7, 11) is -2.78. The van der Waals surface area contributed by atoms with E-state index in [-0.39, 0.29) is 5.92 Å². The molecule has 0 radical (unpaired) electrons. The molecule has 0 unspecified atom stereocenters. The Balaban J connectivity index is 2.41. The van der Waals surface area contributed by atoms with Gasteiger partial charge in [0.15, 0.2) is 9.84 Å². The van der Waals surface area contributed by atoms with Crippen molar-refractivity contribution in [3.63, 3.8) is 0 Å². The van der Waals surface area contributed by atoms with Gasteiger partial charge in [-0.3, -0.25) is 0 Å². The van der Waals surface area contributed by atoms with Crippen LogP contribution in [0.3, 0.4) is 0 Å². The second-order valence-electron chi connectivity index (χ2n) is 4.97. The zero-order valence-corrected chi connectivity index (χ0v) is 10.1.